The molecule has 0 unspecified atom stereocenters. The van der Waals surface area contributed by atoms with Crippen LogP contribution in [0, 0.1) is 22.9 Å². The van der Waals surface area contributed by atoms with Crippen LogP contribution >= 0.6 is 0 Å². The van der Waals surface area contributed by atoms with E-state index >= 15 is 0 Å². The molecule has 0 fully saturated rings. The third kappa shape index (κ3) is 5.61. The fraction of sp³-hybridized carbons (Fsp3) is 0.393. The molecule has 0 amide bonds. The zero-order chi connectivity index (χ0) is 41.6. The van der Waals surface area contributed by atoms with E-state index in [1.54, 1.807) is 0 Å². The average molecular weight is 793 g/mol. The lowest BCUT2D eigenvalue weighted by molar-refractivity contribution is 0.838. The largest absolute Gasteiger partial charge is 0.146 e. The summed E-state index contributed by atoms with van der Waals surface area (Å²) in [5, 5.41) is 19.0. The van der Waals surface area contributed by atoms with Gasteiger partial charge >= 0.3 is 0 Å². The molecule has 0 aliphatic rings. The summed E-state index contributed by atoms with van der Waals surface area (Å²) in [5.74, 6) is 8.12. The van der Waals surface area contributed by atoms with Crippen molar-refractivity contribution in [1.82, 2.24) is 0 Å². The Hall–Kier alpha value is -4.35. The summed E-state index contributed by atoms with van der Waals surface area (Å²) in [6.45, 7) is 33.8. The molecule has 0 bridgehead atoms. The first-order valence-corrected chi connectivity index (χ1v) is 27.0. The fourth-order valence-corrected chi connectivity index (χ4v) is 22.8. The van der Waals surface area contributed by atoms with Gasteiger partial charge < -0.3 is 0 Å². The third-order valence-corrected chi connectivity index (χ3v) is 27.7. The van der Waals surface area contributed by atoms with Gasteiger partial charge in [0.15, 0.2) is 0 Å². The van der Waals surface area contributed by atoms with Crippen molar-refractivity contribution in [1.29, 1.82) is 0 Å². The second-order valence-corrected chi connectivity index (χ2v) is 30.6. The molecule has 0 N–H and O–H groups in total. The molecule has 0 spiro atoms. The molecule has 0 radical (unpaired) electrons. The maximum atomic E-state index is 4.18. The summed E-state index contributed by atoms with van der Waals surface area (Å²) >= 11 is 0. The Balaban J connectivity index is 1.64. The Kier molecular flexibility index (Phi) is 10.3. The molecule has 0 saturated carbocycles. The predicted octanol–water partition coefficient (Wildman–Crippen LogP) is 16.9. The highest BCUT2D eigenvalue weighted by Gasteiger charge is 2.43. The van der Waals surface area contributed by atoms with Crippen LogP contribution in [0.5, 0.6) is 0 Å². The topological polar surface area (TPSA) is 0 Å². The highest BCUT2D eigenvalue weighted by molar-refractivity contribution is 6.91. The summed E-state index contributed by atoms with van der Waals surface area (Å²) in [6, 6.07) is 28.5. The first kappa shape index (κ1) is 40.4. The molecule has 0 heterocycles. The first-order chi connectivity index (χ1) is 27.6. The van der Waals surface area contributed by atoms with Crippen molar-refractivity contribution >= 4 is 91.6 Å². The van der Waals surface area contributed by atoms with E-state index in [9.17, 15) is 0 Å². The molecule has 0 aliphatic heterocycles. The maximum Gasteiger partial charge on any atom is 0.146 e. The monoisotopic (exact) mass is 792 g/mol. The lowest BCUT2D eigenvalue weighted by Gasteiger charge is -2.38. The van der Waals surface area contributed by atoms with Gasteiger partial charge in [0.1, 0.15) is 16.1 Å². The number of fused-ring (bicyclic) bond motifs is 4. The molecule has 0 saturated heterocycles. The summed E-state index contributed by atoms with van der Waals surface area (Å²) < 4.78 is 0. The van der Waals surface area contributed by atoms with Crippen molar-refractivity contribution in [2.24, 2.45) is 0 Å². The average Bonchev–Trinajstić information content (AvgIpc) is 3.19. The van der Waals surface area contributed by atoms with Crippen LogP contribution in [-0.4, -0.2) is 16.1 Å². The minimum Gasteiger partial charge on any atom is -0.125 e. The predicted molar refractivity (Wildman–Crippen MR) is 266 cm³/mol. The molecule has 8 aromatic rings. The lowest BCUT2D eigenvalue weighted by Crippen LogP contribution is -2.43. The molecule has 0 aromatic heterocycles. The molecular formula is C56H64Si2. The molecule has 0 atom stereocenters. The number of hydrogen-bond acceptors (Lipinski definition) is 0. The van der Waals surface area contributed by atoms with Crippen LogP contribution in [0.1, 0.15) is 119 Å². The van der Waals surface area contributed by atoms with E-state index in [2.05, 4.69) is 193 Å². The number of rotatable bonds is 8. The van der Waals surface area contributed by atoms with Gasteiger partial charge in [-0.1, -0.05) is 157 Å². The van der Waals surface area contributed by atoms with Crippen molar-refractivity contribution in [2.45, 2.75) is 143 Å². The van der Waals surface area contributed by atoms with E-state index in [0.717, 1.165) is 12.8 Å². The Morgan fingerprint density at radius 1 is 0.362 bits per heavy atom. The van der Waals surface area contributed by atoms with Gasteiger partial charge in [0.05, 0.1) is 0 Å². The molecule has 0 nitrogen and oxygen atoms in total. The van der Waals surface area contributed by atoms with E-state index in [1.807, 2.05) is 0 Å². The van der Waals surface area contributed by atoms with Crippen LogP contribution in [0.3, 0.4) is 0 Å². The number of benzene rings is 8. The molecule has 8 rings (SSSR count). The Bertz CT molecular complexity index is 2750. The van der Waals surface area contributed by atoms with Gasteiger partial charge in [-0.05, 0) is 157 Å². The van der Waals surface area contributed by atoms with E-state index in [-0.39, 0.29) is 0 Å². The van der Waals surface area contributed by atoms with Crippen LogP contribution in [0.4, 0.5) is 0 Å². The molecule has 58 heavy (non-hydrogen) atoms. The van der Waals surface area contributed by atoms with Gasteiger partial charge in [-0.2, -0.15) is 0 Å². The van der Waals surface area contributed by atoms with E-state index in [0.29, 0.717) is 33.2 Å². The quantitative estimate of drug-likeness (QED) is 0.0622. The van der Waals surface area contributed by atoms with Crippen molar-refractivity contribution in [3.05, 3.63) is 95.1 Å². The van der Waals surface area contributed by atoms with Gasteiger partial charge in [-0.25, -0.2) is 0 Å². The lowest BCUT2D eigenvalue weighted by atomic mass is 9.79. The minimum atomic E-state index is -2.01. The highest BCUT2D eigenvalue weighted by Crippen LogP contribution is 2.51. The van der Waals surface area contributed by atoms with Gasteiger partial charge in [0, 0.05) is 11.1 Å². The SMILES string of the molecule is CCc1cc2c3ccccc3c(C#C[Si](C(C)C)(C(C)C)C(C)C)c3cc4c(CC)cc5c6ccccc6c(C#C[Si](C(C)C)(C(C)C)C(C)C)c6cc1c(c32)c4c65. The van der Waals surface area contributed by atoms with Gasteiger partial charge in [0.2, 0.25) is 0 Å². The van der Waals surface area contributed by atoms with E-state index in [1.165, 1.54) is 97.7 Å². The maximum absolute atomic E-state index is 4.18. The summed E-state index contributed by atoms with van der Waals surface area (Å²) in [6.07, 6.45) is 1.93. The summed E-state index contributed by atoms with van der Waals surface area (Å²) in [4.78, 5) is 0. The van der Waals surface area contributed by atoms with Gasteiger partial charge in [-0.3, -0.25) is 0 Å². The zero-order valence-electron chi connectivity index (χ0n) is 37.8. The summed E-state index contributed by atoms with van der Waals surface area (Å²) in [5.41, 5.74) is 17.0. The highest BCUT2D eigenvalue weighted by atomic mass is 28.3. The van der Waals surface area contributed by atoms with Crippen LogP contribution in [0.15, 0.2) is 72.8 Å². The zero-order valence-corrected chi connectivity index (χ0v) is 39.8. The van der Waals surface area contributed by atoms with Crippen LogP contribution in [-0.2, 0) is 12.8 Å². The summed E-state index contributed by atoms with van der Waals surface area (Å²) in [7, 11) is -4.01. The van der Waals surface area contributed by atoms with E-state index < -0.39 is 16.1 Å². The van der Waals surface area contributed by atoms with Crippen molar-refractivity contribution in [3.8, 4) is 22.9 Å². The Labute approximate surface area is 350 Å². The Morgan fingerprint density at radius 2 is 0.672 bits per heavy atom. The molecular weight excluding hydrogens is 729 g/mol. The third-order valence-electron chi connectivity index (χ3n) is 15.1. The second-order valence-electron chi connectivity index (χ2n) is 19.5. The second kappa shape index (κ2) is 14.7. The molecule has 296 valence electrons. The standard InChI is InChI=1S/C56H64Si2/c1-15-39-29-49-43-23-19-17-21-41(43)46(26-28-58(36(9)10,37(11)12)38(13)14)52-32-48-40(16-2)30-50-44-24-20-18-22-42(44)45(25-27-57(33(3)4,34(5)6)35(7)8)51-31-47(39)55(53(49)52)56(48)54(50)51/h17-24,29-38H,15-16H2,1-14H3. The molecule has 0 aliphatic carbocycles. The van der Waals surface area contributed by atoms with Crippen LogP contribution in [0.2, 0.25) is 33.2 Å². The number of aryl methyl sites for hydroxylation is 2. The Morgan fingerprint density at radius 3 is 0.966 bits per heavy atom. The van der Waals surface area contributed by atoms with Crippen molar-refractivity contribution < 1.29 is 0 Å². The van der Waals surface area contributed by atoms with Crippen LogP contribution < -0.4 is 0 Å². The number of hydrogen-bond donors (Lipinski definition) is 0. The van der Waals surface area contributed by atoms with Crippen molar-refractivity contribution in [3.63, 3.8) is 0 Å². The fourth-order valence-electron chi connectivity index (χ4n) is 12.4. The molecule has 8 aromatic carbocycles. The first-order valence-electron chi connectivity index (χ1n) is 22.5. The minimum absolute atomic E-state index is 0.570. The molecule has 2 heteroatoms. The van der Waals surface area contributed by atoms with E-state index in [4.69, 9.17) is 0 Å². The van der Waals surface area contributed by atoms with Crippen molar-refractivity contribution in [2.75, 3.05) is 0 Å². The smallest absolute Gasteiger partial charge is 0.125 e. The normalized spacial score (nSPS) is 13.1. The van der Waals surface area contributed by atoms with Crippen LogP contribution in [0.25, 0.3) is 75.4 Å². The van der Waals surface area contributed by atoms with Gasteiger partial charge in [0.25, 0.3) is 0 Å². The van der Waals surface area contributed by atoms with Gasteiger partial charge in [-0.15, -0.1) is 11.1 Å².